The number of rotatable bonds is 2. The summed E-state index contributed by atoms with van der Waals surface area (Å²) < 4.78 is 0. The van der Waals surface area contributed by atoms with Gasteiger partial charge in [-0.1, -0.05) is 0 Å². The summed E-state index contributed by atoms with van der Waals surface area (Å²) >= 11 is -0.614. The molecule has 0 atom stereocenters. The molecule has 0 unspecified atom stereocenters. The summed E-state index contributed by atoms with van der Waals surface area (Å²) in [6.07, 6.45) is 0. The minimum atomic E-state index is -0.952. The summed E-state index contributed by atoms with van der Waals surface area (Å²) in [6, 6.07) is 0. The van der Waals surface area contributed by atoms with E-state index in [1.54, 1.807) is 0 Å². The molecule has 0 saturated carbocycles. The summed E-state index contributed by atoms with van der Waals surface area (Å²) in [4.78, 5) is 0. The Kier molecular flexibility index (Phi) is 4.35. The predicted molar refractivity (Wildman–Crippen MR) is 58.0 cm³/mol. The Morgan fingerprint density at radius 2 is 1.00 bits per heavy atom. The van der Waals surface area contributed by atoms with Crippen molar-refractivity contribution in [3.05, 3.63) is 0 Å². The van der Waals surface area contributed by atoms with Crippen LogP contribution in [0.25, 0.3) is 0 Å². The van der Waals surface area contributed by atoms with Crippen molar-refractivity contribution in [1.29, 1.82) is 0 Å². The van der Waals surface area contributed by atoms with Crippen LogP contribution >= 0.6 is 20.4 Å². The van der Waals surface area contributed by atoms with Gasteiger partial charge in [0.25, 0.3) is 0 Å². The van der Waals surface area contributed by atoms with Gasteiger partial charge in [-0.25, -0.2) is 0 Å². The number of halogens is 1. The molecule has 71 valence electrons. The van der Waals surface area contributed by atoms with Crippen LogP contribution in [0.1, 0.15) is 0 Å². The molecule has 0 radical (unpaired) electrons. The summed E-state index contributed by atoms with van der Waals surface area (Å²) in [5, 5.41) is 0. The molecule has 0 heterocycles. The van der Waals surface area contributed by atoms with E-state index in [0.29, 0.717) is 0 Å². The maximum absolute atomic E-state index is 6.47. The summed E-state index contributed by atoms with van der Waals surface area (Å²) in [6.45, 7) is 14.4. The molecule has 0 saturated heterocycles. The molecule has 0 aliphatic carbocycles. The summed E-state index contributed by atoms with van der Waals surface area (Å²) in [5.74, 6) is 0. The van der Waals surface area contributed by atoms with Gasteiger partial charge in [-0.3, -0.25) is 0 Å². The van der Waals surface area contributed by atoms with E-state index in [1.165, 1.54) is 0 Å². The molecule has 0 aromatic heterocycles. The first kappa shape index (κ1) is 11.8. The molecule has 0 aliphatic heterocycles. The Labute approximate surface area is 75.0 Å². The first-order valence-electron chi connectivity index (χ1n) is 3.44. The van der Waals surface area contributed by atoms with Crippen LogP contribution in [0.15, 0.2) is 0 Å². The van der Waals surface area contributed by atoms with Crippen LogP contribution in [0.5, 0.6) is 0 Å². The monoisotopic (exact) mass is 295 g/mol. The topological polar surface area (TPSA) is 0 Å². The molecule has 0 aromatic carbocycles. The number of hydrogen-bond donors (Lipinski definition) is 0. The third-order valence-electron chi connectivity index (χ3n) is 0.833. The van der Waals surface area contributed by atoms with Crippen molar-refractivity contribution < 1.29 is 14.7 Å². The molecule has 0 N–H and O–H groups in total. The Bertz CT molecular complexity index is 99.9. The van der Waals surface area contributed by atoms with Gasteiger partial charge in [0, 0.05) is 0 Å². The van der Waals surface area contributed by atoms with Crippen molar-refractivity contribution in [3.63, 3.8) is 0 Å². The quantitative estimate of drug-likeness (QED) is 0.543. The molecule has 0 amide bonds. The van der Waals surface area contributed by atoms with E-state index in [1.807, 2.05) is 0 Å². The summed E-state index contributed by atoms with van der Waals surface area (Å²) in [5.41, 5.74) is -1.90. The average molecular weight is 296 g/mol. The molecular weight excluding hydrogens is 276 g/mol. The van der Waals surface area contributed by atoms with Gasteiger partial charge in [-0.15, -0.1) is 0 Å². The van der Waals surface area contributed by atoms with Crippen molar-refractivity contribution in [2.24, 2.45) is 0 Å². The molecule has 4 heteroatoms. The Balaban J connectivity index is 4.23. The van der Waals surface area contributed by atoms with Crippen LogP contribution in [-0.2, 0) is 14.7 Å². The van der Waals surface area contributed by atoms with Crippen molar-refractivity contribution in [2.75, 3.05) is 40.0 Å². The Hall–Kier alpha value is 1.81. The van der Waals surface area contributed by atoms with Gasteiger partial charge in [0.1, 0.15) is 0 Å². The van der Waals surface area contributed by atoms with Crippen molar-refractivity contribution >= 4 is 20.4 Å². The molecular formula is C6H20ClP2Pd. The van der Waals surface area contributed by atoms with E-state index >= 15 is 0 Å². The average Bonchev–Trinajstić information content (AvgIpc) is 1.59. The molecule has 0 fully saturated rings. The van der Waals surface area contributed by atoms with Crippen LogP contribution in [0.2, 0.25) is 0 Å². The van der Waals surface area contributed by atoms with Crippen LogP contribution in [0.4, 0.5) is 0 Å². The fourth-order valence-electron chi connectivity index (χ4n) is 0.712. The summed E-state index contributed by atoms with van der Waals surface area (Å²) in [7, 11) is 6.47. The van der Waals surface area contributed by atoms with Gasteiger partial charge < -0.3 is 0 Å². The van der Waals surface area contributed by atoms with Crippen LogP contribution in [0, 0.1) is 0 Å². The van der Waals surface area contributed by atoms with Gasteiger partial charge in [0.05, 0.1) is 0 Å². The van der Waals surface area contributed by atoms with Crippen LogP contribution in [-0.4, -0.2) is 40.0 Å². The third kappa shape index (κ3) is 3.99. The first-order valence-corrected chi connectivity index (χ1v) is 16.7. The number of hydrogen-bond acceptors (Lipinski definition) is 0. The predicted octanol–water partition coefficient (Wildman–Crippen LogP) is 2.87. The van der Waals surface area contributed by atoms with E-state index in [4.69, 9.17) is 9.53 Å². The molecule has 0 aliphatic rings. The molecule has 0 rings (SSSR count). The first-order chi connectivity index (χ1) is 4.15. The van der Waals surface area contributed by atoms with Crippen molar-refractivity contribution in [2.45, 2.75) is 0 Å². The Morgan fingerprint density at radius 1 is 0.800 bits per heavy atom. The second-order valence-corrected chi connectivity index (χ2v) is 36.4. The van der Waals surface area contributed by atoms with Gasteiger partial charge in [0.2, 0.25) is 0 Å². The third-order valence-corrected chi connectivity index (χ3v) is 44.3. The second-order valence-electron chi connectivity index (χ2n) is 4.15. The molecule has 10 heavy (non-hydrogen) atoms. The zero-order valence-electron chi connectivity index (χ0n) is 7.69. The van der Waals surface area contributed by atoms with E-state index in [2.05, 4.69) is 40.0 Å². The fourth-order valence-corrected chi connectivity index (χ4v) is 37.9. The molecule has 0 spiro atoms. The maximum atomic E-state index is 6.47. The van der Waals surface area contributed by atoms with Gasteiger partial charge in [0.15, 0.2) is 0 Å². The Morgan fingerprint density at radius 3 is 1.00 bits per heavy atom. The van der Waals surface area contributed by atoms with E-state index in [9.17, 15) is 0 Å². The van der Waals surface area contributed by atoms with E-state index in [0.717, 1.165) is 0 Å². The van der Waals surface area contributed by atoms with Crippen LogP contribution < -0.4 is 0 Å². The zero-order valence-corrected chi connectivity index (χ0v) is 12.0. The van der Waals surface area contributed by atoms with Gasteiger partial charge in [-0.2, -0.15) is 0 Å². The van der Waals surface area contributed by atoms with E-state index in [-0.39, 0.29) is 0 Å². The molecule has 0 aromatic rings. The zero-order chi connectivity index (χ0) is 8.58. The minimum absolute atomic E-state index is 0.614. The standard InChI is InChI=1S/2C3H9P.ClH.Pd/c2*1-4(2)3;;/h2*1-3H3;1H;/q;;;-1/p+1. The second kappa shape index (κ2) is 3.68. The van der Waals surface area contributed by atoms with Gasteiger partial charge in [-0.05, 0) is 0 Å². The molecule has 0 nitrogen and oxygen atoms in total. The van der Waals surface area contributed by atoms with Crippen molar-refractivity contribution in [1.82, 2.24) is 0 Å². The molecule has 0 bridgehead atoms. The van der Waals surface area contributed by atoms with Crippen LogP contribution in [0.3, 0.4) is 0 Å². The van der Waals surface area contributed by atoms with Crippen molar-refractivity contribution in [3.8, 4) is 0 Å². The van der Waals surface area contributed by atoms with Gasteiger partial charge >= 0.3 is 75.2 Å². The normalized spacial score (nSPS) is 18.5. The fraction of sp³-hybridized carbons (Fsp3) is 1.00. The SMILES string of the molecule is C[PH](C)(C)[Pd]([Cl])[PH](C)(C)C. The van der Waals surface area contributed by atoms with E-state index < -0.39 is 25.6 Å².